The van der Waals surface area contributed by atoms with Crippen LogP contribution in [0.2, 0.25) is 0 Å². The van der Waals surface area contributed by atoms with Gasteiger partial charge in [0.05, 0.1) is 0 Å². The number of anilines is 3. The van der Waals surface area contributed by atoms with Crippen molar-refractivity contribution in [3.8, 4) is 0 Å². The molecule has 0 aliphatic heterocycles. The van der Waals surface area contributed by atoms with Crippen LogP contribution < -0.4 is 11.1 Å². The molecule has 0 aliphatic rings. The molecule has 0 unspecified atom stereocenters. The van der Waals surface area contributed by atoms with E-state index in [0.29, 0.717) is 0 Å². The molecule has 0 saturated carbocycles. The molecule has 1 aromatic carbocycles. The SMILES string of the molecule is Nc1nccc(Nc2c(F)c(F)c(F)c(F)c2F)n1. The fourth-order valence-electron chi connectivity index (χ4n) is 1.29. The maximum Gasteiger partial charge on any atom is 0.221 e. The van der Waals surface area contributed by atoms with Gasteiger partial charge in [0.1, 0.15) is 11.5 Å². The van der Waals surface area contributed by atoms with Gasteiger partial charge in [-0.25, -0.2) is 26.9 Å². The summed E-state index contributed by atoms with van der Waals surface area (Å²) in [6, 6.07) is 1.15. The summed E-state index contributed by atoms with van der Waals surface area (Å²) < 4.78 is 65.3. The van der Waals surface area contributed by atoms with E-state index in [-0.39, 0.29) is 11.8 Å². The highest BCUT2D eigenvalue weighted by Gasteiger charge is 2.26. The fourth-order valence-corrected chi connectivity index (χ4v) is 1.29. The van der Waals surface area contributed by atoms with Gasteiger partial charge in [-0.1, -0.05) is 0 Å². The molecule has 19 heavy (non-hydrogen) atoms. The Morgan fingerprint density at radius 2 is 1.42 bits per heavy atom. The normalized spacial score (nSPS) is 10.6. The number of benzene rings is 1. The Hall–Kier alpha value is -2.45. The molecule has 3 N–H and O–H groups in total. The molecule has 1 heterocycles. The second-order valence-electron chi connectivity index (χ2n) is 3.37. The summed E-state index contributed by atoms with van der Waals surface area (Å²) >= 11 is 0. The number of nitrogens with zero attached hydrogens (tertiary/aromatic N) is 2. The zero-order chi connectivity index (χ0) is 14.2. The van der Waals surface area contributed by atoms with Crippen LogP contribution in [-0.4, -0.2) is 9.97 Å². The van der Waals surface area contributed by atoms with Crippen molar-refractivity contribution in [1.29, 1.82) is 0 Å². The molecule has 0 saturated heterocycles. The van der Waals surface area contributed by atoms with Crippen LogP contribution in [0, 0.1) is 29.1 Å². The Morgan fingerprint density at radius 3 is 1.95 bits per heavy atom. The quantitative estimate of drug-likeness (QED) is 0.502. The van der Waals surface area contributed by atoms with Crippen molar-refractivity contribution in [1.82, 2.24) is 9.97 Å². The number of nitrogens with one attached hydrogen (secondary N) is 1. The van der Waals surface area contributed by atoms with E-state index in [1.54, 1.807) is 0 Å². The highest BCUT2D eigenvalue weighted by atomic mass is 19.2. The van der Waals surface area contributed by atoms with Crippen LogP contribution in [0.5, 0.6) is 0 Å². The Bertz CT molecular complexity index is 617. The molecule has 0 atom stereocenters. The van der Waals surface area contributed by atoms with E-state index in [1.807, 2.05) is 5.32 Å². The van der Waals surface area contributed by atoms with Crippen LogP contribution >= 0.6 is 0 Å². The van der Waals surface area contributed by atoms with E-state index in [9.17, 15) is 22.0 Å². The minimum atomic E-state index is -2.23. The Balaban J connectivity index is 2.52. The van der Waals surface area contributed by atoms with Crippen LogP contribution in [-0.2, 0) is 0 Å². The van der Waals surface area contributed by atoms with Gasteiger partial charge < -0.3 is 11.1 Å². The lowest BCUT2D eigenvalue weighted by molar-refractivity contribution is 0.382. The number of halogens is 5. The van der Waals surface area contributed by atoms with Gasteiger partial charge in [-0.05, 0) is 6.07 Å². The first-order valence-electron chi connectivity index (χ1n) is 4.78. The van der Waals surface area contributed by atoms with Crippen LogP contribution in [0.4, 0.5) is 39.4 Å². The fraction of sp³-hybridized carbons (Fsp3) is 0. The third kappa shape index (κ3) is 2.26. The molecule has 9 heteroatoms. The van der Waals surface area contributed by atoms with Gasteiger partial charge in [0, 0.05) is 6.20 Å². The van der Waals surface area contributed by atoms with E-state index >= 15 is 0 Å². The molecule has 2 aromatic rings. The summed E-state index contributed by atoms with van der Waals surface area (Å²) in [5.41, 5.74) is 4.00. The average Bonchev–Trinajstić information content (AvgIpc) is 2.39. The molecule has 4 nitrogen and oxygen atoms in total. The molecule has 2 rings (SSSR count). The summed E-state index contributed by atoms with van der Waals surface area (Å²) in [5.74, 6) is -10.8. The predicted molar refractivity (Wildman–Crippen MR) is 56.0 cm³/mol. The van der Waals surface area contributed by atoms with Gasteiger partial charge in [0.2, 0.25) is 11.8 Å². The molecule has 100 valence electrons. The van der Waals surface area contributed by atoms with Crippen LogP contribution in [0.15, 0.2) is 12.3 Å². The van der Waals surface area contributed by atoms with E-state index < -0.39 is 34.8 Å². The van der Waals surface area contributed by atoms with Crippen molar-refractivity contribution in [2.24, 2.45) is 0 Å². The summed E-state index contributed by atoms with van der Waals surface area (Å²) in [6.45, 7) is 0. The third-order valence-corrected chi connectivity index (χ3v) is 2.14. The Labute approximate surface area is 103 Å². The van der Waals surface area contributed by atoms with Crippen molar-refractivity contribution in [2.75, 3.05) is 11.1 Å². The lowest BCUT2D eigenvalue weighted by atomic mass is 10.2. The largest absolute Gasteiger partial charge is 0.368 e. The van der Waals surface area contributed by atoms with Crippen LogP contribution in [0.3, 0.4) is 0 Å². The van der Waals surface area contributed by atoms with Crippen molar-refractivity contribution in [3.05, 3.63) is 41.3 Å². The number of rotatable bonds is 2. The minimum absolute atomic E-state index is 0.212. The molecule has 0 bridgehead atoms. The summed E-state index contributed by atoms with van der Waals surface area (Å²) in [6.07, 6.45) is 1.15. The lowest BCUT2D eigenvalue weighted by Gasteiger charge is -2.10. The number of hydrogen-bond donors (Lipinski definition) is 2. The highest BCUT2D eigenvalue weighted by Crippen LogP contribution is 2.29. The second-order valence-corrected chi connectivity index (χ2v) is 3.37. The molecular weight excluding hydrogens is 271 g/mol. The van der Waals surface area contributed by atoms with E-state index in [1.165, 1.54) is 0 Å². The Morgan fingerprint density at radius 1 is 0.895 bits per heavy atom. The van der Waals surface area contributed by atoms with Gasteiger partial charge in [-0.2, -0.15) is 4.98 Å². The zero-order valence-electron chi connectivity index (χ0n) is 9.02. The summed E-state index contributed by atoms with van der Waals surface area (Å²) in [7, 11) is 0. The molecule has 0 aliphatic carbocycles. The molecule has 0 amide bonds. The second kappa shape index (κ2) is 4.67. The zero-order valence-corrected chi connectivity index (χ0v) is 9.02. The Kier molecular flexibility index (Phi) is 3.19. The van der Waals surface area contributed by atoms with Crippen molar-refractivity contribution < 1.29 is 22.0 Å². The van der Waals surface area contributed by atoms with Crippen molar-refractivity contribution >= 4 is 17.5 Å². The first-order chi connectivity index (χ1) is 8.91. The van der Waals surface area contributed by atoms with Gasteiger partial charge in [0.25, 0.3) is 0 Å². The van der Waals surface area contributed by atoms with Gasteiger partial charge in [0.15, 0.2) is 23.3 Å². The maximum atomic E-state index is 13.3. The summed E-state index contributed by atoms with van der Waals surface area (Å²) in [5, 5.41) is 1.96. The van der Waals surface area contributed by atoms with E-state index in [2.05, 4.69) is 9.97 Å². The number of nitrogens with two attached hydrogens (primary N) is 1. The smallest absolute Gasteiger partial charge is 0.221 e. The van der Waals surface area contributed by atoms with Gasteiger partial charge in [-0.3, -0.25) is 0 Å². The van der Waals surface area contributed by atoms with Crippen LogP contribution in [0.1, 0.15) is 0 Å². The average molecular weight is 276 g/mol. The number of aromatic nitrogens is 2. The first-order valence-corrected chi connectivity index (χ1v) is 4.78. The van der Waals surface area contributed by atoms with Crippen LogP contribution in [0.25, 0.3) is 0 Å². The van der Waals surface area contributed by atoms with E-state index in [4.69, 9.17) is 5.73 Å². The maximum absolute atomic E-state index is 13.3. The molecule has 0 fully saturated rings. The minimum Gasteiger partial charge on any atom is -0.368 e. The molecule has 0 spiro atoms. The highest BCUT2D eigenvalue weighted by molar-refractivity contribution is 5.58. The van der Waals surface area contributed by atoms with E-state index in [0.717, 1.165) is 12.3 Å². The van der Waals surface area contributed by atoms with Gasteiger partial charge in [-0.15, -0.1) is 0 Å². The van der Waals surface area contributed by atoms with Crippen molar-refractivity contribution in [3.63, 3.8) is 0 Å². The molecule has 1 aromatic heterocycles. The molecule has 0 radical (unpaired) electrons. The monoisotopic (exact) mass is 276 g/mol. The number of nitrogen functional groups attached to an aromatic ring is 1. The predicted octanol–water partition coefficient (Wildman–Crippen LogP) is 2.50. The summed E-state index contributed by atoms with van der Waals surface area (Å²) in [4.78, 5) is 7.02. The third-order valence-electron chi connectivity index (χ3n) is 2.14. The lowest BCUT2D eigenvalue weighted by Crippen LogP contribution is -2.08. The number of hydrogen-bond acceptors (Lipinski definition) is 4. The van der Waals surface area contributed by atoms with Crippen molar-refractivity contribution in [2.45, 2.75) is 0 Å². The molecular formula is C10H5F5N4. The first kappa shape index (κ1) is 13.0. The topological polar surface area (TPSA) is 63.8 Å². The van der Waals surface area contributed by atoms with Gasteiger partial charge >= 0.3 is 0 Å². The standard InChI is InChI=1S/C10H5F5N4/c11-4-5(12)7(14)9(8(15)6(4)13)18-3-1-2-17-10(16)19-3/h1-2H,(H3,16,17,18,19).